The molecule has 0 radical (unpaired) electrons. The molecule has 0 aliphatic carbocycles. The smallest absolute Gasteiger partial charge is 0.160 e. The highest BCUT2D eigenvalue weighted by molar-refractivity contribution is 6.17. The van der Waals surface area contributed by atoms with Gasteiger partial charge in [0.1, 0.15) is 11.3 Å². The Morgan fingerprint density at radius 1 is 1.40 bits per heavy atom. The second-order valence-corrected chi connectivity index (χ2v) is 5.93. The third-order valence-corrected chi connectivity index (χ3v) is 4.40. The van der Waals surface area contributed by atoms with Gasteiger partial charge in [0.15, 0.2) is 5.65 Å². The SMILES string of the molecule is CN1CCCCC1Cn1c(CCCl)nc2cccnc21. The summed E-state index contributed by atoms with van der Waals surface area (Å²) in [5, 5.41) is 0. The summed E-state index contributed by atoms with van der Waals surface area (Å²) in [4.78, 5) is 11.7. The molecule has 1 fully saturated rings. The Bertz CT molecular complexity index is 580. The number of nitrogens with zero attached hydrogens (tertiary/aromatic N) is 4. The Morgan fingerprint density at radius 2 is 2.30 bits per heavy atom. The van der Waals surface area contributed by atoms with Crippen molar-refractivity contribution in [2.45, 2.75) is 38.3 Å². The number of aromatic nitrogens is 3. The molecule has 3 rings (SSSR count). The minimum absolute atomic E-state index is 0.581. The van der Waals surface area contributed by atoms with Crippen molar-refractivity contribution in [1.82, 2.24) is 19.4 Å². The van der Waals surface area contributed by atoms with Gasteiger partial charge in [0.05, 0.1) is 0 Å². The van der Waals surface area contributed by atoms with Crippen LogP contribution >= 0.6 is 11.6 Å². The van der Waals surface area contributed by atoms with E-state index in [-0.39, 0.29) is 0 Å². The minimum Gasteiger partial charge on any atom is -0.311 e. The van der Waals surface area contributed by atoms with Gasteiger partial charge in [-0.15, -0.1) is 11.6 Å². The lowest BCUT2D eigenvalue weighted by atomic mass is 10.0. The summed E-state index contributed by atoms with van der Waals surface area (Å²) in [5.74, 6) is 1.66. The van der Waals surface area contributed by atoms with Gasteiger partial charge in [0.2, 0.25) is 0 Å². The number of halogens is 1. The zero-order chi connectivity index (χ0) is 13.9. The van der Waals surface area contributed by atoms with Crippen molar-refractivity contribution < 1.29 is 0 Å². The second-order valence-electron chi connectivity index (χ2n) is 5.55. The highest BCUT2D eigenvalue weighted by Gasteiger charge is 2.22. The van der Waals surface area contributed by atoms with E-state index in [0.29, 0.717) is 11.9 Å². The van der Waals surface area contributed by atoms with Gasteiger partial charge in [-0.1, -0.05) is 6.42 Å². The Morgan fingerprint density at radius 3 is 3.10 bits per heavy atom. The molecule has 0 spiro atoms. The second kappa shape index (κ2) is 6.10. The minimum atomic E-state index is 0.581. The molecule has 3 heterocycles. The molecule has 1 unspecified atom stereocenters. The summed E-state index contributed by atoms with van der Waals surface area (Å²) in [5.41, 5.74) is 1.97. The van der Waals surface area contributed by atoms with Crippen LogP contribution < -0.4 is 0 Å². The first-order valence-electron chi connectivity index (χ1n) is 7.36. The van der Waals surface area contributed by atoms with E-state index in [4.69, 9.17) is 16.6 Å². The standard InChI is InChI=1S/C15H21ClN4/c1-19-10-3-2-5-12(19)11-20-14(7-8-16)18-13-6-4-9-17-15(13)20/h4,6,9,12H,2-3,5,7-8,10-11H2,1H3. The van der Waals surface area contributed by atoms with E-state index < -0.39 is 0 Å². The van der Waals surface area contributed by atoms with Gasteiger partial charge in [-0.2, -0.15) is 0 Å². The summed E-state index contributed by atoms with van der Waals surface area (Å²) in [6.45, 7) is 2.16. The van der Waals surface area contributed by atoms with Crippen LogP contribution in [0, 0.1) is 0 Å². The lowest BCUT2D eigenvalue weighted by Gasteiger charge is -2.33. The Balaban J connectivity index is 1.93. The van der Waals surface area contributed by atoms with Crippen LogP contribution in [0.4, 0.5) is 0 Å². The average molecular weight is 293 g/mol. The average Bonchev–Trinajstić information content (AvgIpc) is 2.80. The molecule has 0 aromatic carbocycles. The monoisotopic (exact) mass is 292 g/mol. The molecule has 0 bridgehead atoms. The largest absolute Gasteiger partial charge is 0.311 e. The van der Waals surface area contributed by atoms with Crippen LogP contribution in [0.3, 0.4) is 0 Å². The number of imidazole rings is 1. The van der Waals surface area contributed by atoms with Gasteiger partial charge in [-0.3, -0.25) is 0 Å². The third-order valence-electron chi connectivity index (χ3n) is 4.22. The molecule has 1 saturated heterocycles. The number of aryl methyl sites for hydroxylation is 1. The van der Waals surface area contributed by atoms with E-state index in [2.05, 4.69) is 21.5 Å². The van der Waals surface area contributed by atoms with Gasteiger partial charge in [0, 0.05) is 31.1 Å². The fourth-order valence-corrected chi connectivity index (χ4v) is 3.23. The first kappa shape index (κ1) is 13.8. The van der Waals surface area contributed by atoms with Crippen LogP contribution in [0.25, 0.3) is 11.2 Å². The number of hydrogen-bond acceptors (Lipinski definition) is 3. The first-order valence-corrected chi connectivity index (χ1v) is 7.89. The van der Waals surface area contributed by atoms with E-state index in [1.165, 1.54) is 25.8 Å². The van der Waals surface area contributed by atoms with Crippen LogP contribution in [0.5, 0.6) is 0 Å². The van der Waals surface area contributed by atoms with Crippen LogP contribution in [-0.4, -0.2) is 44.9 Å². The highest BCUT2D eigenvalue weighted by Crippen LogP contribution is 2.21. The quantitative estimate of drug-likeness (QED) is 0.813. The van der Waals surface area contributed by atoms with Crippen LogP contribution in [0.2, 0.25) is 0 Å². The molecular formula is C15H21ClN4. The number of likely N-dealkylation sites (N-methyl/N-ethyl adjacent to an activating group) is 1. The van der Waals surface area contributed by atoms with Crippen molar-refractivity contribution in [3.8, 4) is 0 Å². The zero-order valence-electron chi connectivity index (χ0n) is 11.9. The van der Waals surface area contributed by atoms with Gasteiger partial charge >= 0.3 is 0 Å². The maximum Gasteiger partial charge on any atom is 0.160 e. The topological polar surface area (TPSA) is 34.0 Å². The summed E-state index contributed by atoms with van der Waals surface area (Å²) in [6, 6.07) is 4.55. The Kier molecular flexibility index (Phi) is 4.22. The lowest BCUT2D eigenvalue weighted by Crippen LogP contribution is -2.39. The maximum atomic E-state index is 5.92. The highest BCUT2D eigenvalue weighted by atomic mass is 35.5. The van der Waals surface area contributed by atoms with Gasteiger partial charge < -0.3 is 9.47 Å². The Labute approximate surface area is 124 Å². The number of alkyl halides is 1. The number of piperidine rings is 1. The Hall–Kier alpha value is -1.13. The number of pyridine rings is 1. The molecule has 0 saturated carbocycles. The normalized spacial score (nSPS) is 20.6. The van der Waals surface area contributed by atoms with E-state index in [0.717, 1.165) is 30.0 Å². The van der Waals surface area contributed by atoms with Crippen molar-refractivity contribution in [2.75, 3.05) is 19.5 Å². The summed E-state index contributed by atoms with van der Waals surface area (Å²) in [7, 11) is 2.22. The molecule has 5 heteroatoms. The lowest BCUT2D eigenvalue weighted by molar-refractivity contribution is 0.167. The van der Waals surface area contributed by atoms with Crippen molar-refractivity contribution in [1.29, 1.82) is 0 Å². The van der Waals surface area contributed by atoms with E-state index >= 15 is 0 Å². The van der Waals surface area contributed by atoms with Gasteiger partial charge in [-0.05, 0) is 38.6 Å². The molecule has 20 heavy (non-hydrogen) atoms. The number of rotatable bonds is 4. The molecule has 4 nitrogen and oxygen atoms in total. The van der Waals surface area contributed by atoms with E-state index in [9.17, 15) is 0 Å². The van der Waals surface area contributed by atoms with E-state index in [1.54, 1.807) is 0 Å². The first-order chi connectivity index (χ1) is 9.79. The molecule has 0 N–H and O–H groups in total. The molecule has 2 aromatic rings. The predicted octanol–water partition coefficient (Wildman–Crippen LogP) is 2.70. The molecule has 1 atom stereocenters. The summed E-state index contributed by atoms with van der Waals surface area (Å²) < 4.78 is 2.27. The molecule has 108 valence electrons. The van der Waals surface area contributed by atoms with Crippen molar-refractivity contribution in [3.63, 3.8) is 0 Å². The number of likely N-dealkylation sites (tertiary alicyclic amines) is 1. The zero-order valence-corrected chi connectivity index (χ0v) is 12.7. The molecule has 1 aliphatic heterocycles. The van der Waals surface area contributed by atoms with Gasteiger partial charge in [-0.25, -0.2) is 9.97 Å². The summed E-state index contributed by atoms with van der Waals surface area (Å²) >= 11 is 5.92. The van der Waals surface area contributed by atoms with Crippen molar-refractivity contribution in [2.24, 2.45) is 0 Å². The number of fused-ring (bicyclic) bond motifs is 1. The van der Waals surface area contributed by atoms with Crippen molar-refractivity contribution in [3.05, 3.63) is 24.2 Å². The number of hydrogen-bond donors (Lipinski definition) is 0. The van der Waals surface area contributed by atoms with Crippen LogP contribution in [0.1, 0.15) is 25.1 Å². The third kappa shape index (κ3) is 2.67. The van der Waals surface area contributed by atoms with Crippen molar-refractivity contribution >= 4 is 22.8 Å². The molecule has 2 aromatic heterocycles. The van der Waals surface area contributed by atoms with Crippen LogP contribution in [-0.2, 0) is 13.0 Å². The molecular weight excluding hydrogens is 272 g/mol. The fraction of sp³-hybridized carbons (Fsp3) is 0.600. The maximum absolute atomic E-state index is 5.92. The summed E-state index contributed by atoms with van der Waals surface area (Å²) in [6.07, 6.45) is 6.53. The molecule has 0 amide bonds. The van der Waals surface area contributed by atoms with E-state index in [1.807, 2.05) is 18.3 Å². The molecule has 1 aliphatic rings. The predicted molar refractivity (Wildman–Crippen MR) is 82.2 cm³/mol. The fourth-order valence-electron chi connectivity index (χ4n) is 3.06. The van der Waals surface area contributed by atoms with Crippen LogP contribution in [0.15, 0.2) is 18.3 Å². The van der Waals surface area contributed by atoms with Gasteiger partial charge in [0.25, 0.3) is 0 Å².